The average Bonchev–Trinajstić information content (AvgIpc) is 3.02. The largest absolute Gasteiger partial charge is 0.495 e. The zero-order valence-corrected chi connectivity index (χ0v) is 13.1. The van der Waals surface area contributed by atoms with Gasteiger partial charge in [-0.15, -0.1) is 21.5 Å². The van der Waals surface area contributed by atoms with Gasteiger partial charge in [-0.25, -0.2) is 0 Å². The number of nitrogens with zero attached hydrogens (tertiary/aromatic N) is 3. The summed E-state index contributed by atoms with van der Waals surface area (Å²) in [5.41, 5.74) is 0.113. The van der Waals surface area contributed by atoms with Crippen molar-refractivity contribution < 1.29 is 4.74 Å². The summed E-state index contributed by atoms with van der Waals surface area (Å²) in [5, 5.41) is 14.4. The number of thiophene rings is 1. The van der Waals surface area contributed by atoms with Gasteiger partial charge in [-0.3, -0.25) is 0 Å². The molecule has 2 aromatic rings. The Labute approximate surface area is 123 Å². The minimum Gasteiger partial charge on any atom is -0.495 e. The number of hydrogen-bond acceptors (Lipinski definition) is 5. The smallest absolute Gasteiger partial charge is 0.177 e. The third-order valence-electron chi connectivity index (χ3n) is 3.64. The Bertz CT molecular complexity index is 611. The molecule has 5 nitrogen and oxygen atoms in total. The van der Waals surface area contributed by atoms with Gasteiger partial charge in [0.1, 0.15) is 10.6 Å². The molecule has 20 heavy (non-hydrogen) atoms. The topological polar surface area (TPSA) is 52.0 Å². The quantitative estimate of drug-likeness (QED) is 0.924. The van der Waals surface area contributed by atoms with E-state index in [1.54, 1.807) is 18.4 Å². The predicted molar refractivity (Wildman–Crippen MR) is 80.1 cm³/mol. The van der Waals surface area contributed by atoms with Crippen molar-refractivity contribution >= 4 is 11.3 Å². The number of nitrogens with one attached hydrogen (secondary N) is 1. The highest BCUT2D eigenvalue weighted by Gasteiger charge is 2.34. The Morgan fingerprint density at radius 1 is 1.40 bits per heavy atom. The SMILES string of the molecule is COc1ccsc1-c1nnc2n1CCNC2C(C)(C)C. The van der Waals surface area contributed by atoms with Crippen LogP contribution in [0.2, 0.25) is 0 Å². The van der Waals surface area contributed by atoms with Crippen molar-refractivity contribution in [3.05, 3.63) is 17.3 Å². The maximum Gasteiger partial charge on any atom is 0.177 e. The molecule has 1 unspecified atom stereocenters. The Balaban J connectivity index is 2.07. The van der Waals surface area contributed by atoms with E-state index >= 15 is 0 Å². The van der Waals surface area contributed by atoms with Crippen molar-refractivity contribution in [1.29, 1.82) is 0 Å². The molecule has 0 bridgehead atoms. The fourth-order valence-corrected chi connectivity index (χ4v) is 3.50. The van der Waals surface area contributed by atoms with Crippen molar-refractivity contribution in [3.63, 3.8) is 0 Å². The van der Waals surface area contributed by atoms with Gasteiger partial charge in [0, 0.05) is 13.1 Å². The number of ether oxygens (including phenoxy) is 1. The van der Waals surface area contributed by atoms with E-state index in [0.29, 0.717) is 0 Å². The molecule has 1 aliphatic rings. The Morgan fingerprint density at radius 3 is 2.90 bits per heavy atom. The number of methoxy groups -OCH3 is 1. The van der Waals surface area contributed by atoms with Crippen LogP contribution in [0.15, 0.2) is 11.4 Å². The molecule has 0 saturated heterocycles. The molecule has 1 aliphatic heterocycles. The molecule has 0 spiro atoms. The van der Waals surface area contributed by atoms with Crippen molar-refractivity contribution in [2.24, 2.45) is 5.41 Å². The summed E-state index contributed by atoms with van der Waals surface area (Å²) in [4.78, 5) is 1.06. The van der Waals surface area contributed by atoms with Gasteiger partial charge in [0.25, 0.3) is 0 Å². The summed E-state index contributed by atoms with van der Waals surface area (Å²) in [6.07, 6.45) is 0. The second-order valence-electron chi connectivity index (χ2n) is 6.10. The molecular weight excluding hydrogens is 272 g/mol. The summed E-state index contributed by atoms with van der Waals surface area (Å²) in [7, 11) is 1.69. The molecule has 0 aromatic carbocycles. The molecule has 6 heteroatoms. The van der Waals surface area contributed by atoms with Gasteiger partial charge in [-0.1, -0.05) is 20.8 Å². The summed E-state index contributed by atoms with van der Waals surface area (Å²) in [6.45, 7) is 8.50. The van der Waals surface area contributed by atoms with E-state index in [1.165, 1.54) is 0 Å². The van der Waals surface area contributed by atoms with E-state index in [4.69, 9.17) is 4.74 Å². The summed E-state index contributed by atoms with van der Waals surface area (Å²) in [6, 6.07) is 2.20. The molecule has 1 N–H and O–H groups in total. The Kier molecular flexibility index (Phi) is 3.30. The van der Waals surface area contributed by atoms with Crippen LogP contribution in [-0.2, 0) is 6.54 Å². The van der Waals surface area contributed by atoms with Gasteiger partial charge in [-0.05, 0) is 16.9 Å². The molecule has 1 atom stereocenters. The zero-order chi connectivity index (χ0) is 14.3. The lowest BCUT2D eigenvalue weighted by molar-refractivity contribution is 0.234. The predicted octanol–water partition coefficient (Wildman–Crippen LogP) is 2.71. The normalized spacial score (nSPS) is 18.9. The highest BCUT2D eigenvalue weighted by molar-refractivity contribution is 7.13. The van der Waals surface area contributed by atoms with Crippen molar-refractivity contribution in [2.75, 3.05) is 13.7 Å². The standard InChI is InChI=1S/C14H20N4OS/c1-14(2,3)11-13-17-16-12(18(13)7-6-15-11)10-9(19-4)5-8-20-10/h5,8,11,15H,6-7H2,1-4H3. The maximum atomic E-state index is 5.41. The van der Waals surface area contributed by atoms with Crippen LogP contribution in [0.25, 0.3) is 10.7 Å². The lowest BCUT2D eigenvalue weighted by Crippen LogP contribution is -2.40. The van der Waals surface area contributed by atoms with Crippen LogP contribution in [0, 0.1) is 5.41 Å². The van der Waals surface area contributed by atoms with E-state index in [1.807, 2.05) is 11.4 Å². The maximum absolute atomic E-state index is 5.41. The summed E-state index contributed by atoms with van der Waals surface area (Å²) < 4.78 is 7.63. The van der Waals surface area contributed by atoms with Gasteiger partial charge < -0.3 is 14.6 Å². The lowest BCUT2D eigenvalue weighted by atomic mass is 9.85. The minimum atomic E-state index is 0.113. The molecule has 3 rings (SSSR count). The van der Waals surface area contributed by atoms with Crippen LogP contribution in [0.1, 0.15) is 32.6 Å². The fraction of sp³-hybridized carbons (Fsp3) is 0.571. The van der Waals surface area contributed by atoms with Gasteiger partial charge in [0.15, 0.2) is 11.6 Å². The first-order chi connectivity index (χ1) is 9.52. The minimum absolute atomic E-state index is 0.113. The van der Waals surface area contributed by atoms with Crippen LogP contribution in [0.3, 0.4) is 0 Å². The number of rotatable bonds is 2. The average molecular weight is 292 g/mol. The van der Waals surface area contributed by atoms with Crippen molar-refractivity contribution in [1.82, 2.24) is 20.1 Å². The van der Waals surface area contributed by atoms with Gasteiger partial charge in [0.05, 0.1) is 13.2 Å². The van der Waals surface area contributed by atoms with Crippen LogP contribution in [0.4, 0.5) is 0 Å². The molecule has 0 amide bonds. The van der Waals surface area contributed by atoms with E-state index in [9.17, 15) is 0 Å². The number of hydrogen-bond donors (Lipinski definition) is 1. The molecule has 0 radical (unpaired) electrons. The molecule has 0 saturated carbocycles. The van der Waals surface area contributed by atoms with Crippen molar-refractivity contribution in [3.8, 4) is 16.5 Å². The fourth-order valence-electron chi connectivity index (χ4n) is 2.64. The third-order valence-corrected chi connectivity index (χ3v) is 4.53. The summed E-state index contributed by atoms with van der Waals surface area (Å²) in [5.74, 6) is 2.81. The molecule has 0 aliphatic carbocycles. The van der Waals surface area contributed by atoms with E-state index in [0.717, 1.165) is 35.4 Å². The van der Waals surface area contributed by atoms with Gasteiger partial charge in [-0.2, -0.15) is 0 Å². The van der Waals surface area contributed by atoms with Crippen LogP contribution < -0.4 is 10.1 Å². The zero-order valence-electron chi connectivity index (χ0n) is 12.3. The molecule has 0 fully saturated rings. The van der Waals surface area contributed by atoms with Crippen LogP contribution >= 0.6 is 11.3 Å². The number of aromatic nitrogens is 3. The second-order valence-corrected chi connectivity index (χ2v) is 7.02. The molecule has 2 aromatic heterocycles. The highest BCUT2D eigenvalue weighted by atomic mass is 32.1. The Hall–Kier alpha value is -1.40. The lowest BCUT2D eigenvalue weighted by Gasteiger charge is -2.34. The molecule has 108 valence electrons. The van der Waals surface area contributed by atoms with Gasteiger partial charge in [0.2, 0.25) is 0 Å². The third kappa shape index (κ3) is 2.13. The number of fused-ring (bicyclic) bond motifs is 1. The highest BCUT2D eigenvalue weighted by Crippen LogP contribution is 2.38. The van der Waals surface area contributed by atoms with Crippen LogP contribution in [0.5, 0.6) is 5.75 Å². The molecule has 3 heterocycles. The second kappa shape index (κ2) is 4.86. The van der Waals surface area contributed by atoms with Crippen molar-refractivity contribution in [2.45, 2.75) is 33.4 Å². The van der Waals surface area contributed by atoms with E-state index in [-0.39, 0.29) is 11.5 Å². The first-order valence-electron chi connectivity index (χ1n) is 6.80. The van der Waals surface area contributed by atoms with E-state index < -0.39 is 0 Å². The van der Waals surface area contributed by atoms with Gasteiger partial charge >= 0.3 is 0 Å². The monoisotopic (exact) mass is 292 g/mol. The summed E-state index contributed by atoms with van der Waals surface area (Å²) >= 11 is 1.64. The molecular formula is C14H20N4OS. The Morgan fingerprint density at radius 2 is 2.20 bits per heavy atom. The van der Waals surface area contributed by atoms with Crippen LogP contribution in [-0.4, -0.2) is 28.4 Å². The van der Waals surface area contributed by atoms with E-state index in [2.05, 4.69) is 40.9 Å². The first kappa shape index (κ1) is 13.6. The first-order valence-corrected chi connectivity index (χ1v) is 7.68.